The van der Waals surface area contributed by atoms with Crippen LogP contribution in [0.2, 0.25) is 0 Å². The number of carboxylic acid groups (broad SMARTS) is 1. The first-order valence-electron chi connectivity index (χ1n) is 14.0. The third-order valence-corrected chi connectivity index (χ3v) is 6.56. The predicted octanol–water partition coefficient (Wildman–Crippen LogP) is 7.30. The van der Waals surface area contributed by atoms with Crippen LogP contribution in [-0.2, 0) is 15.1 Å². The van der Waals surface area contributed by atoms with Crippen molar-refractivity contribution < 1.29 is 42.1 Å². The van der Waals surface area contributed by atoms with E-state index in [-0.39, 0.29) is 11.5 Å². The average molecular weight is 650 g/mol. The fourth-order valence-electron chi connectivity index (χ4n) is 3.39. The van der Waals surface area contributed by atoms with Gasteiger partial charge in [0.2, 0.25) is 0 Å². The molecule has 0 saturated heterocycles. The Morgan fingerprint density at radius 2 is 1.26 bits per heavy atom. The Balaban J connectivity index is 0. The number of unbranched alkanes of at least 4 members (excludes halogenated alkanes) is 2. The minimum atomic E-state index is -4.67. The number of hydrogen-bond acceptors (Lipinski definition) is 7. The number of carbonyl (C=O) groups is 2. The third kappa shape index (κ3) is 25.6. The van der Waals surface area contributed by atoms with Gasteiger partial charge in [0.1, 0.15) is 6.61 Å². The lowest BCUT2D eigenvalue weighted by atomic mass is 10.0. The van der Waals surface area contributed by atoms with Crippen molar-refractivity contribution in [2.75, 3.05) is 13.2 Å². The molecule has 5 N–H and O–H groups in total. The molecule has 0 amide bonds. The van der Waals surface area contributed by atoms with Crippen LogP contribution in [0.4, 0.5) is 0 Å². The van der Waals surface area contributed by atoms with E-state index in [4.69, 9.17) is 32.5 Å². The van der Waals surface area contributed by atoms with Gasteiger partial charge < -0.3 is 14.9 Å². The summed E-state index contributed by atoms with van der Waals surface area (Å²) in [5.41, 5.74) is 0.848. The van der Waals surface area contributed by atoms with Crippen molar-refractivity contribution in [3.05, 3.63) is 59.7 Å². The largest absolute Gasteiger partial charge is 0.478 e. The highest BCUT2D eigenvalue weighted by Gasteiger charge is 2.12. The first-order chi connectivity index (χ1) is 19.7. The van der Waals surface area contributed by atoms with Crippen LogP contribution in [0.15, 0.2) is 58.3 Å². The average Bonchev–Trinajstić information content (AvgIpc) is 2.93. The number of rotatable bonds is 13. The van der Waals surface area contributed by atoms with E-state index in [0.29, 0.717) is 35.5 Å². The monoisotopic (exact) mass is 649 g/mol. The molecule has 240 valence electrons. The number of thiol groups is 2. The molecule has 0 aromatic heterocycles. The predicted molar refractivity (Wildman–Crippen MR) is 174 cm³/mol. The number of hydrogen-bond donors (Lipinski definition) is 5. The van der Waals surface area contributed by atoms with Crippen molar-refractivity contribution in [1.29, 1.82) is 0 Å². The molecule has 9 nitrogen and oxygen atoms in total. The van der Waals surface area contributed by atoms with Crippen molar-refractivity contribution in [2.24, 2.45) is 11.8 Å². The maximum Gasteiger partial charge on any atom is 0.394 e. The summed E-state index contributed by atoms with van der Waals surface area (Å²) in [6.45, 7) is 9.84. The second-order valence-corrected chi connectivity index (χ2v) is 11.4. The maximum absolute atomic E-state index is 11.8. The van der Waals surface area contributed by atoms with Crippen LogP contribution in [-0.4, -0.2) is 52.9 Å². The molecule has 0 spiro atoms. The fraction of sp³-hybridized carbons (Fsp3) is 0.533. The van der Waals surface area contributed by atoms with E-state index in [1.165, 1.54) is 50.7 Å². The van der Waals surface area contributed by atoms with Crippen molar-refractivity contribution in [3.8, 4) is 0 Å². The second kappa shape index (κ2) is 25.4. The van der Waals surface area contributed by atoms with Gasteiger partial charge in [0.15, 0.2) is 0 Å². The smallest absolute Gasteiger partial charge is 0.394 e. The summed E-state index contributed by atoms with van der Waals surface area (Å²) in [6, 6.07) is 13.6. The fourth-order valence-corrected chi connectivity index (χ4v) is 3.84. The molecule has 0 aliphatic carbocycles. The zero-order valence-corrected chi connectivity index (χ0v) is 27.6. The summed E-state index contributed by atoms with van der Waals surface area (Å²) in [6.07, 6.45) is 9.59. The zero-order chi connectivity index (χ0) is 32.6. The Kier molecular flexibility index (Phi) is 25.4. The van der Waals surface area contributed by atoms with E-state index in [1.807, 2.05) is 12.1 Å². The van der Waals surface area contributed by atoms with Crippen LogP contribution in [0.3, 0.4) is 0 Å². The lowest BCUT2D eigenvalue weighted by molar-refractivity contribution is 0.0427. The summed E-state index contributed by atoms with van der Waals surface area (Å²) in [5, 5.41) is 15.6. The van der Waals surface area contributed by atoms with Gasteiger partial charge in [-0.05, 0) is 61.6 Å². The Morgan fingerprint density at radius 1 is 0.833 bits per heavy atom. The molecular formula is C30H49O9S3+. The SMILES string of the molecule is CCCCC(CC)COC(=O)c1cccc(S)c1.CCCCC(CC)C[OH2+].O=C(O)c1cccc(S)c1.O=S(=O)(O)O. The number of carbonyl (C=O) groups excluding carboxylic acids is 1. The quantitative estimate of drug-likeness (QED) is 0.0654. The number of esters is 1. The topological polar surface area (TPSA) is 161 Å². The molecule has 2 aromatic rings. The van der Waals surface area contributed by atoms with Crippen LogP contribution >= 0.6 is 25.3 Å². The summed E-state index contributed by atoms with van der Waals surface area (Å²) >= 11 is 8.20. The van der Waals surface area contributed by atoms with Crippen LogP contribution in [0, 0.1) is 11.8 Å². The van der Waals surface area contributed by atoms with Crippen LogP contribution < -0.4 is 0 Å². The van der Waals surface area contributed by atoms with Gasteiger partial charge in [0.25, 0.3) is 0 Å². The van der Waals surface area contributed by atoms with E-state index < -0.39 is 16.4 Å². The molecule has 12 heteroatoms. The molecule has 2 aromatic carbocycles. The second-order valence-electron chi connectivity index (χ2n) is 9.49. The van der Waals surface area contributed by atoms with E-state index >= 15 is 0 Å². The van der Waals surface area contributed by atoms with Crippen molar-refractivity contribution in [2.45, 2.75) is 88.9 Å². The molecule has 0 aliphatic heterocycles. The Hall–Kier alpha value is -2.09. The van der Waals surface area contributed by atoms with E-state index in [0.717, 1.165) is 17.7 Å². The normalized spacial score (nSPS) is 11.7. The molecule has 2 atom stereocenters. The molecule has 0 fully saturated rings. The minimum Gasteiger partial charge on any atom is -0.478 e. The van der Waals surface area contributed by atoms with Crippen LogP contribution in [0.5, 0.6) is 0 Å². The van der Waals surface area contributed by atoms with Crippen molar-refractivity contribution in [1.82, 2.24) is 0 Å². The van der Waals surface area contributed by atoms with Gasteiger partial charge in [0.05, 0.1) is 17.7 Å². The van der Waals surface area contributed by atoms with Crippen molar-refractivity contribution >= 4 is 47.6 Å². The molecule has 0 heterocycles. The van der Waals surface area contributed by atoms with E-state index in [1.54, 1.807) is 24.3 Å². The molecule has 42 heavy (non-hydrogen) atoms. The Bertz CT molecular complexity index is 1100. The van der Waals surface area contributed by atoms with Gasteiger partial charge >= 0.3 is 22.3 Å². The summed E-state index contributed by atoms with van der Waals surface area (Å²) in [7, 11) is -4.67. The number of carboxylic acids is 1. The summed E-state index contributed by atoms with van der Waals surface area (Å²) in [5.74, 6) is -0.0187. The molecule has 2 unspecified atom stereocenters. The molecular weight excluding hydrogens is 601 g/mol. The van der Waals surface area contributed by atoms with Crippen LogP contribution in [0.1, 0.15) is 99.8 Å². The van der Waals surface area contributed by atoms with Gasteiger partial charge in [0, 0.05) is 15.7 Å². The molecule has 0 saturated carbocycles. The third-order valence-electron chi connectivity index (χ3n) is 6.00. The number of ether oxygens (including phenoxy) is 1. The zero-order valence-electron chi connectivity index (χ0n) is 25.0. The maximum atomic E-state index is 11.8. The van der Waals surface area contributed by atoms with Crippen molar-refractivity contribution in [3.63, 3.8) is 0 Å². The highest BCUT2D eigenvalue weighted by Crippen LogP contribution is 2.15. The standard InChI is InChI=1S/C15H22O2S.C8H18O.C7H6O2S.H2O4S/c1-3-5-7-12(4-2)11-17-15(16)13-8-6-9-14(18)10-13;1-3-5-6-8(4-2)7-9;8-7(9)5-2-1-3-6(10)4-5;1-5(2,3)4/h6,8-10,12,18H,3-5,7,11H2,1-2H3;8-9H,3-7H2,1-2H3;1-4,10H,(H,8,9);(H2,1,2,3,4)/p+1. The number of aromatic carboxylic acids is 1. The first-order valence-corrected chi connectivity index (χ1v) is 16.3. The Morgan fingerprint density at radius 3 is 1.62 bits per heavy atom. The number of benzene rings is 2. The minimum absolute atomic E-state index is 0.249. The Labute approximate surface area is 262 Å². The van der Waals surface area contributed by atoms with Crippen LogP contribution in [0.25, 0.3) is 0 Å². The highest BCUT2D eigenvalue weighted by atomic mass is 32.3. The lowest BCUT2D eigenvalue weighted by Gasteiger charge is -2.14. The summed E-state index contributed by atoms with van der Waals surface area (Å²) < 4.78 is 36.9. The van der Waals surface area contributed by atoms with Gasteiger partial charge in [-0.25, -0.2) is 9.59 Å². The van der Waals surface area contributed by atoms with Gasteiger partial charge in [-0.15, -0.1) is 25.3 Å². The van der Waals surface area contributed by atoms with E-state index in [2.05, 4.69) is 53.0 Å². The molecule has 2 rings (SSSR count). The van der Waals surface area contributed by atoms with Gasteiger partial charge in [-0.3, -0.25) is 9.11 Å². The van der Waals surface area contributed by atoms with E-state index in [9.17, 15) is 9.59 Å². The molecule has 0 radical (unpaired) electrons. The lowest BCUT2D eigenvalue weighted by Crippen LogP contribution is -2.14. The van der Waals surface area contributed by atoms with Gasteiger partial charge in [-0.1, -0.05) is 71.9 Å². The molecule has 0 aliphatic rings. The summed E-state index contributed by atoms with van der Waals surface area (Å²) in [4.78, 5) is 23.6. The highest BCUT2D eigenvalue weighted by molar-refractivity contribution is 7.80. The van der Waals surface area contributed by atoms with Gasteiger partial charge in [-0.2, -0.15) is 8.42 Å². The molecule has 0 bridgehead atoms. The first kappa shape index (κ1) is 42.0.